The number of pyridine rings is 1. The number of aromatic amines is 1. The van der Waals surface area contributed by atoms with Gasteiger partial charge in [-0.1, -0.05) is 6.07 Å². The summed E-state index contributed by atoms with van der Waals surface area (Å²) >= 11 is 0. The Morgan fingerprint density at radius 3 is 2.91 bits per heavy atom. The van der Waals surface area contributed by atoms with Crippen LogP contribution in [0.2, 0.25) is 0 Å². The molecule has 0 amide bonds. The van der Waals surface area contributed by atoms with Crippen LogP contribution < -0.4 is 5.32 Å². The predicted octanol–water partition coefficient (Wildman–Crippen LogP) is 3.96. The number of benzene rings is 1. The topological polar surface area (TPSA) is 56.4 Å². The highest BCUT2D eigenvalue weighted by Crippen LogP contribution is 2.36. The van der Waals surface area contributed by atoms with Gasteiger partial charge in [-0.15, -0.1) is 0 Å². The second-order valence-electron chi connectivity index (χ2n) is 9.68. The molecule has 2 fully saturated rings. The third-order valence-corrected chi connectivity index (χ3v) is 7.48. The largest absolute Gasteiger partial charge is 0.376 e. The zero-order chi connectivity index (χ0) is 21.7. The molecule has 3 aromatic rings. The van der Waals surface area contributed by atoms with Crippen molar-refractivity contribution in [2.45, 2.75) is 51.8 Å². The van der Waals surface area contributed by atoms with Crippen molar-refractivity contribution in [1.29, 1.82) is 0 Å². The molecule has 2 N–H and O–H groups in total. The maximum Gasteiger partial charge on any atom is 0.137 e. The molecule has 32 heavy (non-hydrogen) atoms. The lowest BCUT2D eigenvalue weighted by molar-refractivity contribution is -0.124. The molecule has 0 unspecified atom stereocenters. The van der Waals surface area contributed by atoms with Gasteiger partial charge in [0.05, 0.1) is 12.7 Å². The van der Waals surface area contributed by atoms with Crippen LogP contribution in [0.1, 0.15) is 48.1 Å². The Balaban J connectivity index is 1.39. The van der Waals surface area contributed by atoms with E-state index in [2.05, 4.69) is 52.4 Å². The molecule has 2 aromatic heterocycles. The molecule has 6 rings (SSSR count). The molecule has 3 aliphatic heterocycles. The number of aryl methyl sites for hydroxylation is 1. The highest BCUT2D eigenvalue weighted by atomic mass is 16.5. The first-order valence-electron chi connectivity index (χ1n) is 12.1. The quantitative estimate of drug-likeness (QED) is 0.658. The summed E-state index contributed by atoms with van der Waals surface area (Å²) in [5, 5.41) is 10.1. The van der Waals surface area contributed by atoms with E-state index in [-0.39, 0.29) is 0 Å². The highest BCUT2D eigenvalue weighted by Gasteiger charge is 2.30. The van der Waals surface area contributed by atoms with Crippen LogP contribution in [0, 0.1) is 6.92 Å². The molecule has 0 radical (unpaired) electrons. The van der Waals surface area contributed by atoms with Crippen molar-refractivity contribution >= 4 is 11.0 Å². The van der Waals surface area contributed by atoms with E-state index in [1.807, 2.05) is 12.4 Å². The maximum absolute atomic E-state index is 5.78. The highest BCUT2D eigenvalue weighted by molar-refractivity contribution is 5.84. The summed E-state index contributed by atoms with van der Waals surface area (Å²) in [5.41, 5.74) is 9.27. The van der Waals surface area contributed by atoms with E-state index in [9.17, 15) is 0 Å². The zero-order valence-corrected chi connectivity index (χ0v) is 19.2. The molecule has 3 aliphatic rings. The van der Waals surface area contributed by atoms with Crippen molar-refractivity contribution in [3.8, 4) is 11.1 Å². The van der Waals surface area contributed by atoms with E-state index in [0.29, 0.717) is 12.1 Å². The second kappa shape index (κ2) is 8.27. The van der Waals surface area contributed by atoms with Crippen LogP contribution >= 0.6 is 0 Å². The van der Waals surface area contributed by atoms with Gasteiger partial charge in [-0.3, -0.25) is 0 Å². The number of hydrogen-bond donors (Lipinski definition) is 2. The molecular weight excluding hydrogens is 398 g/mol. The summed E-state index contributed by atoms with van der Waals surface area (Å²) in [6.07, 6.45) is 7.94. The number of H-pyrrole nitrogens is 1. The number of ether oxygens (including phenoxy) is 1. The number of aromatic nitrogens is 2. The second-order valence-corrected chi connectivity index (χ2v) is 9.68. The van der Waals surface area contributed by atoms with Gasteiger partial charge in [-0.25, -0.2) is 15.0 Å². The molecule has 0 bridgehead atoms. The number of hydrazine groups is 1. The normalized spacial score (nSPS) is 24.8. The Morgan fingerprint density at radius 2 is 2.06 bits per heavy atom. The van der Waals surface area contributed by atoms with Gasteiger partial charge >= 0.3 is 0 Å². The molecule has 5 heterocycles. The van der Waals surface area contributed by atoms with Crippen molar-refractivity contribution < 1.29 is 4.74 Å². The van der Waals surface area contributed by atoms with E-state index in [0.717, 1.165) is 51.4 Å². The van der Waals surface area contributed by atoms with Gasteiger partial charge in [0.15, 0.2) is 0 Å². The minimum atomic E-state index is 0.308. The average molecular weight is 432 g/mol. The van der Waals surface area contributed by atoms with Crippen LogP contribution in [0.25, 0.3) is 22.2 Å². The number of morpholine rings is 1. The maximum atomic E-state index is 5.78. The fourth-order valence-electron chi connectivity index (χ4n) is 5.70. The molecular formula is C26H33N5O. The molecule has 2 atom stereocenters. The molecule has 0 saturated carbocycles. The van der Waals surface area contributed by atoms with Crippen LogP contribution in [0.15, 0.2) is 30.6 Å². The van der Waals surface area contributed by atoms with Crippen molar-refractivity contribution in [2.24, 2.45) is 0 Å². The average Bonchev–Trinajstić information content (AvgIpc) is 3.48. The summed E-state index contributed by atoms with van der Waals surface area (Å²) in [4.78, 5) is 7.97. The smallest absolute Gasteiger partial charge is 0.137 e. The summed E-state index contributed by atoms with van der Waals surface area (Å²) < 4.78 is 5.78. The van der Waals surface area contributed by atoms with Gasteiger partial charge in [0.2, 0.25) is 0 Å². The number of nitrogens with one attached hydrogen (secondary N) is 2. The van der Waals surface area contributed by atoms with Crippen molar-refractivity contribution in [3.05, 3.63) is 52.8 Å². The summed E-state index contributed by atoms with van der Waals surface area (Å²) in [6, 6.07) is 7.63. The van der Waals surface area contributed by atoms with Crippen LogP contribution in [0.4, 0.5) is 0 Å². The predicted molar refractivity (Wildman–Crippen MR) is 127 cm³/mol. The van der Waals surface area contributed by atoms with E-state index >= 15 is 0 Å². The van der Waals surface area contributed by atoms with Gasteiger partial charge in [-0.05, 0) is 79.6 Å². The molecule has 0 aliphatic carbocycles. The van der Waals surface area contributed by atoms with Crippen LogP contribution in [0.3, 0.4) is 0 Å². The lowest BCUT2D eigenvalue weighted by Crippen LogP contribution is -2.52. The van der Waals surface area contributed by atoms with Crippen molar-refractivity contribution in [3.63, 3.8) is 0 Å². The van der Waals surface area contributed by atoms with Gasteiger partial charge in [0, 0.05) is 55.6 Å². The molecule has 168 valence electrons. The monoisotopic (exact) mass is 431 g/mol. The third-order valence-electron chi connectivity index (χ3n) is 7.48. The Labute approximate surface area is 189 Å². The minimum absolute atomic E-state index is 0.308. The van der Waals surface area contributed by atoms with E-state index in [4.69, 9.17) is 9.72 Å². The minimum Gasteiger partial charge on any atom is -0.376 e. The van der Waals surface area contributed by atoms with Gasteiger partial charge < -0.3 is 15.0 Å². The molecule has 2 saturated heterocycles. The van der Waals surface area contributed by atoms with E-state index in [1.54, 1.807) is 0 Å². The molecule has 6 heteroatoms. The summed E-state index contributed by atoms with van der Waals surface area (Å²) in [6.45, 7) is 10.3. The van der Waals surface area contributed by atoms with Crippen molar-refractivity contribution in [2.75, 3.05) is 32.8 Å². The van der Waals surface area contributed by atoms with Gasteiger partial charge in [0.1, 0.15) is 5.65 Å². The Morgan fingerprint density at radius 1 is 1.12 bits per heavy atom. The number of rotatable bonds is 3. The Kier molecular flexibility index (Phi) is 5.26. The van der Waals surface area contributed by atoms with Crippen LogP contribution in [-0.4, -0.2) is 58.9 Å². The Hall–Kier alpha value is -2.25. The van der Waals surface area contributed by atoms with Crippen LogP contribution in [-0.2, 0) is 17.7 Å². The van der Waals surface area contributed by atoms with E-state index in [1.165, 1.54) is 51.6 Å². The zero-order valence-electron chi connectivity index (χ0n) is 19.2. The first-order chi connectivity index (χ1) is 15.7. The van der Waals surface area contributed by atoms with Gasteiger partial charge in [0.25, 0.3) is 0 Å². The SMILES string of the molecule is Cc1c[nH]c2ncc(-c3cc4c(c([C@@H]5CCCN5)c3)CN(N3CCO[C@@H](C)C3)CC4)cc12. The molecule has 6 nitrogen and oxygen atoms in total. The summed E-state index contributed by atoms with van der Waals surface area (Å²) in [7, 11) is 0. The number of hydrogen-bond acceptors (Lipinski definition) is 5. The fraction of sp³-hybridized carbons (Fsp3) is 0.500. The third kappa shape index (κ3) is 3.65. The molecule has 1 aromatic carbocycles. The van der Waals surface area contributed by atoms with Crippen LogP contribution in [0.5, 0.6) is 0 Å². The lowest BCUT2D eigenvalue weighted by Gasteiger charge is -2.42. The fourth-order valence-corrected chi connectivity index (χ4v) is 5.70. The van der Waals surface area contributed by atoms with Crippen molar-refractivity contribution in [1.82, 2.24) is 25.3 Å². The Bertz CT molecular complexity index is 1130. The standard InChI is InChI=1S/C26H33N5O/c1-17-13-28-26-22(17)12-21(14-29-26)20-10-19-5-7-30(31-8-9-32-18(2)15-31)16-24(19)23(11-20)25-4-3-6-27-25/h10-14,18,25,27H,3-9,15-16H2,1-2H3,(H,28,29)/t18-,25-/m0/s1. The lowest BCUT2D eigenvalue weighted by atomic mass is 9.87. The first kappa shape index (κ1) is 20.4. The number of fused-ring (bicyclic) bond motifs is 2. The number of nitrogens with zero attached hydrogens (tertiary/aromatic N) is 3. The first-order valence-corrected chi connectivity index (χ1v) is 12.1. The molecule has 0 spiro atoms. The van der Waals surface area contributed by atoms with E-state index < -0.39 is 0 Å². The van der Waals surface area contributed by atoms with Gasteiger partial charge in [-0.2, -0.15) is 0 Å². The summed E-state index contributed by atoms with van der Waals surface area (Å²) in [5.74, 6) is 0.